The van der Waals surface area contributed by atoms with Gasteiger partial charge in [0.15, 0.2) is 0 Å². The average Bonchev–Trinajstić information content (AvgIpc) is 3.26. The number of aromatic nitrogens is 2. The van der Waals surface area contributed by atoms with E-state index in [-0.39, 0.29) is 19.1 Å². The number of piperazine rings is 1. The van der Waals surface area contributed by atoms with Gasteiger partial charge in [0.2, 0.25) is 0 Å². The lowest BCUT2D eigenvalue weighted by Crippen LogP contribution is -2.68. The molecule has 2 aromatic heterocycles. The minimum absolute atomic E-state index is 0.122. The fourth-order valence-corrected chi connectivity index (χ4v) is 5.48. The minimum atomic E-state index is -2.68. The first kappa shape index (κ1) is 19.8. The number of alkyl halides is 2. The molecule has 3 atom stereocenters. The normalized spacial score (nSPS) is 29.5. The van der Waals surface area contributed by atoms with Crippen LogP contribution in [0.25, 0.3) is 11.1 Å². The number of halogens is 2. The van der Waals surface area contributed by atoms with Crippen LogP contribution in [0, 0.1) is 11.3 Å². The van der Waals surface area contributed by atoms with Crippen LogP contribution in [0.3, 0.4) is 0 Å². The Hall–Kier alpha value is -2.83. The van der Waals surface area contributed by atoms with E-state index >= 15 is 0 Å². The number of aliphatic imine (C=N–C) groups is 1. The molecular formula is C23H25F2N7. The summed E-state index contributed by atoms with van der Waals surface area (Å²) in [5.74, 6) is -2.68. The summed E-state index contributed by atoms with van der Waals surface area (Å²) in [7, 11) is 0. The topological polar surface area (TPSA) is 72.0 Å². The number of nitriles is 1. The second-order valence-corrected chi connectivity index (χ2v) is 9.33. The number of rotatable bonds is 3. The van der Waals surface area contributed by atoms with Crippen molar-refractivity contribution in [1.29, 1.82) is 5.26 Å². The van der Waals surface area contributed by atoms with E-state index in [0.29, 0.717) is 36.3 Å². The van der Waals surface area contributed by atoms with Gasteiger partial charge < -0.3 is 10.2 Å². The smallest absolute Gasteiger partial charge is 0.266 e. The van der Waals surface area contributed by atoms with Gasteiger partial charge >= 0.3 is 0 Å². The third-order valence-electron chi connectivity index (χ3n) is 7.13. The van der Waals surface area contributed by atoms with E-state index in [1.807, 2.05) is 12.3 Å². The van der Waals surface area contributed by atoms with Crippen LogP contribution >= 0.6 is 0 Å². The van der Waals surface area contributed by atoms with Crippen molar-refractivity contribution in [2.45, 2.75) is 49.9 Å². The zero-order chi connectivity index (χ0) is 21.9. The summed E-state index contributed by atoms with van der Waals surface area (Å²) in [5, 5.41) is 17.5. The highest BCUT2D eigenvalue weighted by Crippen LogP contribution is 2.35. The zero-order valence-corrected chi connectivity index (χ0v) is 17.7. The quantitative estimate of drug-likeness (QED) is 0.800. The Morgan fingerprint density at radius 2 is 2.06 bits per heavy atom. The van der Waals surface area contributed by atoms with Crippen molar-refractivity contribution in [3.63, 3.8) is 0 Å². The Kier molecular flexibility index (Phi) is 4.56. The molecule has 1 N–H and O–H groups in total. The van der Waals surface area contributed by atoms with E-state index in [1.54, 1.807) is 21.8 Å². The summed E-state index contributed by atoms with van der Waals surface area (Å²) in [5.41, 5.74) is 3.86. The van der Waals surface area contributed by atoms with E-state index in [2.05, 4.69) is 27.5 Å². The summed E-state index contributed by atoms with van der Waals surface area (Å²) < 4.78 is 29.4. The molecule has 7 heterocycles. The number of nitrogens with one attached hydrogen (secondary N) is 1. The fraction of sp³-hybridized carbons (Fsp3) is 0.522. The molecule has 0 saturated carbocycles. The van der Waals surface area contributed by atoms with Gasteiger partial charge in [-0.3, -0.25) is 9.89 Å². The van der Waals surface area contributed by atoms with Gasteiger partial charge in [-0.15, -0.1) is 0 Å². The van der Waals surface area contributed by atoms with Crippen molar-refractivity contribution in [3.05, 3.63) is 35.7 Å². The molecule has 7 nitrogen and oxygen atoms in total. The first-order valence-electron chi connectivity index (χ1n) is 11.2. The SMILES string of the molecule is N#Cc1cnn2cc(N3CCC(F)(F)C3)cc(C3=CCC(N4CC5CC(C4)N5)N=CC3)c12. The van der Waals surface area contributed by atoms with Crippen molar-refractivity contribution < 1.29 is 8.78 Å². The molecule has 4 saturated heterocycles. The molecule has 5 aliphatic heterocycles. The average molecular weight is 437 g/mol. The number of piperidine rings is 1. The maximum absolute atomic E-state index is 13.9. The first-order valence-corrected chi connectivity index (χ1v) is 11.2. The largest absolute Gasteiger partial charge is 0.364 e. The lowest BCUT2D eigenvalue weighted by Gasteiger charge is -2.49. The van der Waals surface area contributed by atoms with E-state index in [1.165, 1.54) is 6.42 Å². The first-order chi connectivity index (χ1) is 15.5. The van der Waals surface area contributed by atoms with Crippen LogP contribution < -0.4 is 10.2 Å². The summed E-state index contributed by atoms with van der Waals surface area (Å²) >= 11 is 0. The summed E-state index contributed by atoms with van der Waals surface area (Å²) in [6.07, 6.45) is 10.1. The molecular weight excluding hydrogens is 412 g/mol. The van der Waals surface area contributed by atoms with Gasteiger partial charge in [0.05, 0.1) is 35.7 Å². The number of pyridine rings is 1. The predicted molar refractivity (Wildman–Crippen MR) is 118 cm³/mol. The Balaban J connectivity index is 1.35. The van der Waals surface area contributed by atoms with Crippen LogP contribution in [0.4, 0.5) is 14.5 Å². The van der Waals surface area contributed by atoms with Crippen molar-refractivity contribution in [2.24, 2.45) is 4.99 Å². The van der Waals surface area contributed by atoms with E-state index < -0.39 is 5.92 Å². The lowest BCUT2D eigenvalue weighted by molar-refractivity contribution is 0.0257. The maximum atomic E-state index is 13.9. The molecule has 4 fully saturated rings. The molecule has 0 radical (unpaired) electrons. The van der Waals surface area contributed by atoms with Crippen LogP contribution in [0.1, 0.15) is 36.8 Å². The van der Waals surface area contributed by atoms with Gasteiger partial charge in [0.1, 0.15) is 12.2 Å². The Bertz CT molecular complexity index is 1150. The van der Waals surface area contributed by atoms with Gasteiger partial charge in [-0.25, -0.2) is 13.3 Å². The highest BCUT2D eigenvalue weighted by Gasteiger charge is 2.40. The second-order valence-electron chi connectivity index (χ2n) is 9.33. The van der Waals surface area contributed by atoms with Gasteiger partial charge in [-0.05, 0) is 18.1 Å². The number of allylic oxidation sites excluding steroid dienone is 1. The van der Waals surface area contributed by atoms with Gasteiger partial charge in [0.25, 0.3) is 5.92 Å². The van der Waals surface area contributed by atoms with Crippen molar-refractivity contribution in [3.8, 4) is 6.07 Å². The molecule has 3 unspecified atom stereocenters. The number of fused-ring (bicyclic) bond motifs is 3. The number of nitrogens with zero attached hydrogens (tertiary/aromatic N) is 6. The van der Waals surface area contributed by atoms with Crippen LogP contribution in [-0.4, -0.2) is 71.1 Å². The van der Waals surface area contributed by atoms with E-state index in [0.717, 1.165) is 36.2 Å². The second kappa shape index (κ2) is 7.36. The standard InChI is InChI=1S/C23H25F2N7/c24-23(25)4-6-30(14-23)19-8-20(22-16(9-26)10-28-32(22)13-19)15-1-2-21(27-5-3-15)31-11-17-7-18(12-31)29-17/h1,5,8,10,13,17-18,21,29H,2-4,6-7,11-12,14H2. The molecule has 0 aliphatic carbocycles. The van der Waals surface area contributed by atoms with Gasteiger partial charge in [0, 0.05) is 62.8 Å². The molecule has 5 aliphatic rings. The van der Waals surface area contributed by atoms with E-state index in [9.17, 15) is 14.0 Å². The van der Waals surface area contributed by atoms with Crippen LogP contribution in [-0.2, 0) is 0 Å². The van der Waals surface area contributed by atoms with Crippen LogP contribution in [0.2, 0.25) is 0 Å². The molecule has 9 heteroatoms. The van der Waals surface area contributed by atoms with Crippen LogP contribution in [0.5, 0.6) is 0 Å². The maximum Gasteiger partial charge on any atom is 0.266 e. The monoisotopic (exact) mass is 437 g/mol. The Morgan fingerprint density at radius 3 is 2.78 bits per heavy atom. The minimum Gasteiger partial charge on any atom is -0.364 e. The number of anilines is 1. The zero-order valence-electron chi connectivity index (χ0n) is 17.7. The third kappa shape index (κ3) is 3.38. The van der Waals surface area contributed by atoms with Gasteiger partial charge in [-0.1, -0.05) is 6.08 Å². The fourth-order valence-electron chi connectivity index (χ4n) is 5.48. The van der Waals surface area contributed by atoms with Crippen molar-refractivity contribution in [2.75, 3.05) is 31.1 Å². The Labute approximate surface area is 185 Å². The highest BCUT2D eigenvalue weighted by atomic mass is 19.3. The molecule has 0 spiro atoms. The number of hydrogen-bond acceptors (Lipinski definition) is 6. The third-order valence-corrected chi connectivity index (χ3v) is 7.13. The molecule has 166 valence electrons. The Morgan fingerprint density at radius 1 is 1.25 bits per heavy atom. The summed E-state index contributed by atoms with van der Waals surface area (Å²) in [6.45, 7) is 2.05. The number of hydrogen-bond donors (Lipinski definition) is 1. The summed E-state index contributed by atoms with van der Waals surface area (Å²) in [6, 6.07) is 5.33. The van der Waals surface area contributed by atoms with E-state index in [4.69, 9.17) is 4.99 Å². The van der Waals surface area contributed by atoms with Gasteiger partial charge in [-0.2, -0.15) is 10.4 Å². The molecule has 7 rings (SSSR count). The molecule has 32 heavy (non-hydrogen) atoms. The summed E-state index contributed by atoms with van der Waals surface area (Å²) in [4.78, 5) is 8.98. The molecule has 0 amide bonds. The van der Waals surface area contributed by atoms with Crippen LogP contribution in [0.15, 0.2) is 29.5 Å². The predicted octanol–water partition coefficient (Wildman–Crippen LogP) is 2.67. The molecule has 2 aromatic rings. The highest BCUT2D eigenvalue weighted by molar-refractivity contribution is 5.89. The molecule has 0 aromatic carbocycles. The van der Waals surface area contributed by atoms with Crippen molar-refractivity contribution >= 4 is 23.0 Å². The van der Waals surface area contributed by atoms with Crippen molar-refractivity contribution in [1.82, 2.24) is 19.8 Å². The lowest BCUT2D eigenvalue weighted by atomic mass is 9.91. The molecule has 2 bridgehead atoms.